The zero-order valence-electron chi connectivity index (χ0n) is 9.85. The molecule has 1 heterocycles. The second-order valence-electron chi connectivity index (χ2n) is 5.49. The number of ether oxygens (including phenoxy) is 1. The fourth-order valence-corrected chi connectivity index (χ4v) is 2.67. The van der Waals surface area contributed by atoms with Gasteiger partial charge in [-0.05, 0) is 41.0 Å². The van der Waals surface area contributed by atoms with E-state index in [0.717, 1.165) is 13.0 Å². The monoisotopic (exact) mass is 185 g/mol. The molecule has 2 nitrogen and oxygen atoms in total. The Morgan fingerprint density at radius 1 is 1.31 bits per heavy atom. The smallest absolute Gasteiger partial charge is 0.0761 e. The standard InChI is InChI=1S/C11H23NO/c1-10(2,3)12-8-7-9(13-6)11(12,4)5/h9H,7-8H2,1-6H3. The normalized spacial score (nSPS) is 29.5. The predicted molar refractivity (Wildman–Crippen MR) is 56.0 cm³/mol. The summed E-state index contributed by atoms with van der Waals surface area (Å²) in [6, 6.07) is 0. The van der Waals surface area contributed by atoms with Crippen LogP contribution in [0.15, 0.2) is 0 Å². The average Bonchev–Trinajstić information content (AvgIpc) is 2.22. The van der Waals surface area contributed by atoms with Crippen molar-refractivity contribution >= 4 is 0 Å². The minimum absolute atomic E-state index is 0.174. The molecule has 78 valence electrons. The third-order valence-corrected chi connectivity index (χ3v) is 3.19. The lowest BCUT2D eigenvalue weighted by Gasteiger charge is -2.43. The van der Waals surface area contributed by atoms with Crippen LogP contribution in [-0.4, -0.2) is 35.7 Å². The molecule has 1 aliphatic heterocycles. The van der Waals surface area contributed by atoms with Crippen LogP contribution in [0.4, 0.5) is 0 Å². The predicted octanol–water partition coefficient (Wildman–Crippen LogP) is 2.28. The third-order valence-electron chi connectivity index (χ3n) is 3.19. The summed E-state index contributed by atoms with van der Waals surface area (Å²) in [4.78, 5) is 2.54. The Bertz CT molecular complexity index is 181. The van der Waals surface area contributed by atoms with Crippen LogP contribution in [0.5, 0.6) is 0 Å². The zero-order valence-corrected chi connectivity index (χ0v) is 9.85. The van der Waals surface area contributed by atoms with Crippen molar-refractivity contribution in [3.05, 3.63) is 0 Å². The van der Waals surface area contributed by atoms with Gasteiger partial charge in [0.1, 0.15) is 0 Å². The van der Waals surface area contributed by atoms with Gasteiger partial charge in [0.05, 0.1) is 6.10 Å². The summed E-state index contributed by atoms with van der Waals surface area (Å²) < 4.78 is 5.51. The van der Waals surface area contributed by atoms with Crippen molar-refractivity contribution in [3.63, 3.8) is 0 Å². The molecule has 1 rings (SSSR count). The molecule has 2 heteroatoms. The Kier molecular flexibility index (Phi) is 2.75. The van der Waals surface area contributed by atoms with Crippen LogP contribution in [0.1, 0.15) is 41.0 Å². The molecule has 0 spiro atoms. The summed E-state index contributed by atoms with van der Waals surface area (Å²) in [7, 11) is 1.82. The molecule has 1 unspecified atom stereocenters. The highest BCUT2D eigenvalue weighted by Crippen LogP contribution is 2.36. The Balaban J connectivity index is 2.81. The minimum atomic E-state index is 0.174. The summed E-state index contributed by atoms with van der Waals surface area (Å²) in [5, 5.41) is 0. The second-order valence-corrected chi connectivity index (χ2v) is 5.49. The van der Waals surface area contributed by atoms with Crippen LogP contribution in [0.2, 0.25) is 0 Å². The number of hydrogen-bond acceptors (Lipinski definition) is 2. The molecule has 0 aromatic rings. The van der Waals surface area contributed by atoms with Crippen LogP contribution in [0.3, 0.4) is 0 Å². The summed E-state index contributed by atoms with van der Waals surface area (Å²) in [5.74, 6) is 0. The molecule has 13 heavy (non-hydrogen) atoms. The molecule has 0 N–H and O–H groups in total. The lowest BCUT2D eigenvalue weighted by molar-refractivity contribution is -0.0156. The molecule has 1 saturated heterocycles. The molecule has 0 radical (unpaired) electrons. The molecule has 0 saturated carbocycles. The van der Waals surface area contributed by atoms with Crippen LogP contribution < -0.4 is 0 Å². The van der Waals surface area contributed by atoms with Crippen molar-refractivity contribution < 1.29 is 4.74 Å². The lowest BCUT2D eigenvalue weighted by atomic mass is 9.94. The maximum absolute atomic E-state index is 5.51. The van der Waals surface area contributed by atoms with Crippen molar-refractivity contribution in [2.24, 2.45) is 0 Å². The van der Waals surface area contributed by atoms with E-state index in [1.807, 2.05) is 7.11 Å². The van der Waals surface area contributed by atoms with Crippen LogP contribution in [0, 0.1) is 0 Å². The zero-order chi connectivity index (χ0) is 10.3. The van der Waals surface area contributed by atoms with E-state index in [-0.39, 0.29) is 11.1 Å². The minimum Gasteiger partial charge on any atom is -0.380 e. The molecule has 1 fully saturated rings. The number of methoxy groups -OCH3 is 1. The van der Waals surface area contributed by atoms with E-state index in [4.69, 9.17) is 4.74 Å². The van der Waals surface area contributed by atoms with Crippen molar-refractivity contribution in [2.45, 2.75) is 58.2 Å². The van der Waals surface area contributed by atoms with E-state index in [1.54, 1.807) is 0 Å². The topological polar surface area (TPSA) is 12.5 Å². The molecule has 0 bridgehead atoms. The highest BCUT2D eigenvalue weighted by molar-refractivity contribution is 5.01. The highest BCUT2D eigenvalue weighted by Gasteiger charge is 2.45. The van der Waals surface area contributed by atoms with Gasteiger partial charge < -0.3 is 4.74 Å². The van der Waals surface area contributed by atoms with Crippen molar-refractivity contribution in [3.8, 4) is 0 Å². The highest BCUT2D eigenvalue weighted by atomic mass is 16.5. The fraction of sp³-hybridized carbons (Fsp3) is 1.00. The van der Waals surface area contributed by atoms with Gasteiger partial charge in [-0.15, -0.1) is 0 Å². The molecule has 1 atom stereocenters. The summed E-state index contributed by atoms with van der Waals surface area (Å²) in [6.45, 7) is 12.5. The third kappa shape index (κ3) is 1.89. The Morgan fingerprint density at radius 2 is 1.85 bits per heavy atom. The van der Waals surface area contributed by atoms with Gasteiger partial charge in [0, 0.05) is 24.7 Å². The SMILES string of the molecule is COC1CCN(C(C)(C)C)C1(C)C. The maximum atomic E-state index is 5.51. The number of nitrogens with zero attached hydrogens (tertiary/aromatic N) is 1. The van der Waals surface area contributed by atoms with Gasteiger partial charge in [-0.3, -0.25) is 4.90 Å². The van der Waals surface area contributed by atoms with Gasteiger partial charge in [0.25, 0.3) is 0 Å². The molecular formula is C11H23NO. The summed E-state index contributed by atoms with van der Waals surface area (Å²) in [6.07, 6.45) is 1.53. The summed E-state index contributed by atoms with van der Waals surface area (Å²) in [5.41, 5.74) is 0.420. The van der Waals surface area contributed by atoms with E-state index >= 15 is 0 Å². The Labute approximate surface area is 82.3 Å². The van der Waals surface area contributed by atoms with E-state index in [1.165, 1.54) is 0 Å². The van der Waals surface area contributed by atoms with Gasteiger partial charge in [-0.1, -0.05) is 0 Å². The van der Waals surface area contributed by atoms with Crippen LogP contribution in [-0.2, 0) is 4.74 Å². The first kappa shape index (κ1) is 11.0. The van der Waals surface area contributed by atoms with Gasteiger partial charge >= 0.3 is 0 Å². The van der Waals surface area contributed by atoms with Crippen LogP contribution >= 0.6 is 0 Å². The van der Waals surface area contributed by atoms with Crippen molar-refractivity contribution in [2.75, 3.05) is 13.7 Å². The number of likely N-dealkylation sites (tertiary alicyclic amines) is 1. The molecule has 0 aliphatic carbocycles. The van der Waals surface area contributed by atoms with Gasteiger partial charge in [0.15, 0.2) is 0 Å². The summed E-state index contributed by atoms with van der Waals surface area (Å²) >= 11 is 0. The first-order valence-electron chi connectivity index (χ1n) is 5.10. The van der Waals surface area contributed by atoms with E-state index in [2.05, 4.69) is 39.5 Å². The number of rotatable bonds is 1. The van der Waals surface area contributed by atoms with Gasteiger partial charge in [-0.2, -0.15) is 0 Å². The first-order chi connectivity index (χ1) is 5.80. The number of hydrogen-bond donors (Lipinski definition) is 0. The van der Waals surface area contributed by atoms with E-state index in [9.17, 15) is 0 Å². The largest absolute Gasteiger partial charge is 0.380 e. The Morgan fingerprint density at radius 3 is 2.08 bits per heavy atom. The molecule has 0 amide bonds. The average molecular weight is 185 g/mol. The van der Waals surface area contributed by atoms with Gasteiger partial charge in [0.2, 0.25) is 0 Å². The fourth-order valence-electron chi connectivity index (χ4n) is 2.67. The maximum Gasteiger partial charge on any atom is 0.0761 e. The van der Waals surface area contributed by atoms with Crippen molar-refractivity contribution in [1.82, 2.24) is 4.90 Å². The molecule has 1 aliphatic rings. The quantitative estimate of drug-likeness (QED) is 0.621. The lowest BCUT2D eigenvalue weighted by Crippen LogP contribution is -2.54. The van der Waals surface area contributed by atoms with Crippen LogP contribution in [0.25, 0.3) is 0 Å². The molecular weight excluding hydrogens is 162 g/mol. The van der Waals surface area contributed by atoms with E-state index in [0.29, 0.717) is 6.10 Å². The van der Waals surface area contributed by atoms with E-state index < -0.39 is 0 Å². The van der Waals surface area contributed by atoms with Gasteiger partial charge in [-0.25, -0.2) is 0 Å². The Hall–Kier alpha value is -0.0800. The second kappa shape index (κ2) is 3.25. The molecule has 0 aromatic carbocycles. The van der Waals surface area contributed by atoms with Crippen molar-refractivity contribution in [1.29, 1.82) is 0 Å². The molecule has 0 aromatic heterocycles. The first-order valence-corrected chi connectivity index (χ1v) is 5.10.